The molecule has 0 spiro atoms. The van der Waals surface area contributed by atoms with Gasteiger partial charge >= 0.3 is 17.9 Å². The Morgan fingerprint density at radius 3 is 2.47 bits per heavy atom. The SMILES string of the molecule is COC(=O)[C@@]1(C)CCC[C@]2(C)[C@]3(O)[C@@H]([C@@H](c4ccoc4)OC(=O)[C@H]3C)[C@H](OC(C)=O)[C@]21O. The second-order valence-corrected chi connectivity index (χ2v) is 9.79. The predicted octanol–water partition coefficient (Wildman–Crippen LogP) is 1.91. The van der Waals surface area contributed by atoms with Crippen LogP contribution in [0.15, 0.2) is 23.0 Å². The number of carbonyl (C=O) groups excluding carboxylic acids is 3. The number of aliphatic hydroxyl groups is 2. The minimum absolute atomic E-state index is 0.256. The molecule has 1 aromatic rings. The fourth-order valence-electron chi connectivity index (χ4n) is 6.95. The molecule has 4 rings (SSSR count). The first-order valence-corrected chi connectivity index (χ1v) is 10.8. The number of fused-ring (bicyclic) bond motifs is 3. The molecule has 2 aliphatic carbocycles. The average Bonchev–Trinajstić information content (AvgIpc) is 3.32. The molecule has 2 N–H and O–H groups in total. The van der Waals surface area contributed by atoms with E-state index in [1.807, 2.05) is 0 Å². The van der Waals surface area contributed by atoms with Gasteiger partial charge in [0, 0.05) is 17.9 Å². The molecular formula is C23H30O9. The summed E-state index contributed by atoms with van der Waals surface area (Å²) in [4.78, 5) is 38.2. The van der Waals surface area contributed by atoms with Crippen LogP contribution < -0.4 is 0 Å². The van der Waals surface area contributed by atoms with E-state index in [-0.39, 0.29) is 6.42 Å². The van der Waals surface area contributed by atoms with Crippen molar-refractivity contribution in [2.75, 3.05) is 7.11 Å². The van der Waals surface area contributed by atoms with Crippen LogP contribution in [0, 0.1) is 22.7 Å². The molecule has 1 saturated heterocycles. The monoisotopic (exact) mass is 450 g/mol. The summed E-state index contributed by atoms with van der Waals surface area (Å²) in [6.07, 6.45) is 1.42. The molecule has 0 radical (unpaired) electrons. The molecule has 9 heteroatoms. The number of rotatable bonds is 3. The van der Waals surface area contributed by atoms with E-state index < -0.39 is 64.0 Å². The number of hydrogen-bond donors (Lipinski definition) is 2. The first-order chi connectivity index (χ1) is 14.9. The van der Waals surface area contributed by atoms with Gasteiger partial charge in [0.1, 0.15) is 17.8 Å². The predicted molar refractivity (Wildman–Crippen MR) is 108 cm³/mol. The maximum Gasteiger partial charge on any atom is 0.314 e. The smallest absolute Gasteiger partial charge is 0.314 e. The highest BCUT2D eigenvalue weighted by molar-refractivity contribution is 5.81. The summed E-state index contributed by atoms with van der Waals surface area (Å²) >= 11 is 0. The van der Waals surface area contributed by atoms with Gasteiger partial charge in [-0.15, -0.1) is 0 Å². The van der Waals surface area contributed by atoms with E-state index in [9.17, 15) is 24.6 Å². The Hall–Kier alpha value is -2.39. The standard InChI is InChI=1S/C23H30O9/c1-12-18(25)32-16(14-7-10-30-11-14)15-17(31-13(2)24)23(28)20(3,19(26)29-5)8-6-9-21(23,4)22(12,15)27/h7,10-12,15-17,27-28H,6,8-9H2,1-5H3/t12-,15+,16-,17+,20-,21-,22-,23-/m1/s1. The second kappa shape index (κ2) is 7.05. The molecule has 0 amide bonds. The molecular weight excluding hydrogens is 420 g/mol. The van der Waals surface area contributed by atoms with E-state index in [0.717, 1.165) is 0 Å². The summed E-state index contributed by atoms with van der Waals surface area (Å²) in [5, 5.41) is 24.9. The third-order valence-corrected chi connectivity index (χ3v) is 8.55. The zero-order chi connectivity index (χ0) is 23.7. The van der Waals surface area contributed by atoms with Crippen molar-refractivity contribution in [3.05, 3.63) is 24.2 Å². The average molecular weight is 450 g/mol. The van der Waals surface area contributed by atoms with E-state index in [4.69, 9.17) is 18.6 Å². The molecule has 3 fully saturated rings. The number of methoxy groups -OCH3 is 1. The molecule has 2 heterocycles. The van der Waals surface area contributed by atoms with Gasteiger partial charge in [0.25, 0.3) is 0 Å². The van der Waals surface area contributed by atoms with E-state index in [2.05, 4.69) is 0 Å². The lowest BCUT2D eigenvalue weighted by Gasteiger charge is -2.58. The molecule has 0 aromatic carbocycles. The Morgan fingerprint density at radius 1 is 1.22 bits per heavy atom. The highest BCUT2D eigenvalue weighted by Gasteiger charge is 2.85. The summed E-state index contributed by atoms with van der Waals surface area (Å²) < 4.78 is 21.7. The van der Waals surface area contributed by atoms with Gasteiger partial charge in [0.2, 0.25) is 0 Å². The van der Waals surface area contributed by atoms with Crippen molar-refractivity contribution >= 4 is 17.9 Å². The van der Waals surface area contributed by atoms with Crippen molar-refractivity contribution < 1.29 is 43.2 Å². The lowest BCUT2D eigenvalue weighted by Crippen LogP contribution is -2.70. The van der Waals surface area contributed by atoms with Gasteiger partial charge in [-0.25, -0.2) is 0 Å². The van der Waals surface area contributed by atoms with Crippen LogP contribution in [-0.2, 0) is 28.6 Å². The fourth-order valence-corrected chi connectivity index (χ4v) is 6.95. The normalized spacial score (nSPS) is 45.4. The maximum absolute atomic E-state index is 13.1. The van der Waals surface area contributed by atoms with Gasteiger partial charge < -0.3 is 28.8 Å². The number of hydrogen-bond acceptors (Lipinski definition) is 9. The maximum atomic E-state index is 13.1. The van der Waals surface area contributed by atoms with Crippen LogP contribution in [0.2, 0.25) is 0 Å². The fraction of sp³-hybridized carbons (Fsp3) is 0.696. The van der Waals surface area contributed by atoms with Crippen LogP contribution >= 0.6 is 0 Å². The van der Waals surface area contributed by atoms with Gasteiger partial charge in [-0.05, 0) is 32.8 Å². The molecule has 0 unspecified atom stereocenters. The van der Waals surface area contributed by atoms with Crippen molar-refractivity contribution in [2.45, 2.75) is 70.4 Å². The van der Waals surface area contributed by atoms with Gasteiger partial charge in [0.15, 0.2) is 0 Å². The zero-order valence-electron chi connectivity index (χ0n) is 18.9. The minimum Gasteiger partial charge on any atom is -0.472 e. The van der Waals surface area contributed by atoms with Crippen LogP contribution in [0.5, 0.6) is 0 Å². The summed E-state index contributed by atoms with van der Waals surface area (Å²) in [5.41, 5.74) is -6.34. The Balaban J connectivity index is 2.03. The third-order valence-electron chi connectivity index (χ3n) is 8.55. The van der Waals surface area contributed by atoms with E-state index >= 15 is 0 Å². The quantitative estimate of drug-likeness (QED) is 0.523. The van der Waals surface area contributed by atoms with E-state index in [1.165, 1.54) is 33.5 Å². The van der Waals surface area contributed by atoms with Crippen molar-refractivity contribution in [1.29, 1.82) is 0 Å². The van der Waals surface area contributed by atoms with Gasteiger partial charge in [0.05, 0.1) is 42.5 Å². The Bertz CT molecular complexity index is 941. The Labute approximate surface area is 186 Å². The Kier molecular flexibility index (Phi) is 5.02. The number of cyclic esters (lactones) is 1. The lowest BCUT2D eigenvalue weighted by atomic mass is 9.49. The van der Waals surface area contributed by atoms with Crippen LogP contribution in [0.25, 0.3) is 0 Å². The number of furan rings is 1. The highest BCUT2D eigenvalue weighted by atomic mass is 16.6. The van der Waals surface area contributed by atoms with Gasteiger partial charge in [-0.1, -0.05) is 13.3 Å². The largest absolute Gasteiger partial charge is 0.472 e. The zero-order valence-corrected chi connectivity index (χ0v) is 18.9. The van der Waals surface area contributed by atoms with Crippen LogP contribution in [0.3, 0.4) is 0 Å². The van der Waals surface area contributed by atoms with Crippen molar-refractivity contribution in [2.24, 2.45) is 22.7 Å². The first kappa shape index (κ1) is 22.8. The molecule has 9 nitrogen and oxygen atoms in total. The molecule has 2 saturated carbocycles. The molecule has 1 aliphatic heterocycles. The van der Waals surface area contributed by atoms with Gasteiger partial charge in [-0.3, -0.25) is 14.4 Å². The molecule has 176 valence electrons. The molecule has 32 heavy (non-hydrogen) atoms. The van der Waals surface area contributed by atoms with Crippen molar-refractivity contribution in [3.63, 3.8) is 0 Å². The summed E-state index contributed by atoms with van der Waals surface area (Å²) in [6.45, 7) is 5.95. The number of carbonyl (C=O) groups is 3. The van der Waals surface area contributed by atoms with Crippen LogP contribution in [-0.4, -0.2) is 52.5 Å². The third kappa shape index (κ3) is 2.43. The number of esters is 3. The molecule has 0 bridgehead atoms. The summed E-state index contributed by atoms with van der Waals surface area (Å²) in [7, 11) is 1.23. The highest BCUT2D eigenvalue weighted by Crippen LogP contribution is 2.73. The van der Waals surface area contributed by atoms with Crippen molar-refractivity contribution in [3.8, 4) is 0 Å². The topological polar surface area (TPSA) is 132 Å². The lowest BCUT2D eigenvalue weighted by molar-refractivity contribution is -0.258. The second-order valence-electron chi connectivity index (χ2n) is 9.79. The van der Waals surface area contributed by atoms with E-state index in [0.29, 0.717) is 18.4 Å². The van der Waals surface area contributed by atoms with Crippen LogP contribution in [0.1, 0.15) is 58.6 Å². The first-order valence-electron chi connectivity index (χ1n) is 10.8. The van der Waals surface area contributed by atoms with E-state index in [1.54, 1.807) is 19.9 Å². The minimum atomic E-state index is -2.04. The number of ether oxygens (including phenoxy) is 3. The summed E-state index contributed by atoms with van der Waals surface area (Å²) in [5.74, 6) is -4.11. The molecule has 1 aromatic heterocycles. The molecule has 3 aliphatic rings. The summed E-state index contributed by atoms with van der Waals surface area (Å²) in [6, 6.07) is 1.59. The Morgan fingerprint density at radius 2 is 1.91 bits per heavy atom. The molecule has 8 atom stereocenters. The van der Waals surface area contributed by atoms with Crippen LogP contribution in [0.4, 0.5) is 0 Å². The van der Waals surface area contributed by atoms with Gasteiger partial charge in [-0.2, -0.15) is 0 Å². The van der Waals surface area contributed by atoms with Crippen molar-refractivity contribution in [1.82, 2.24) is 0 Å².